The summed E-state index contributed by atoms with van der Waals surface area (Å²) < 4.78 is 9.88. The molecule has 2 aromatic heterocycles. The van der Waals surface area contributed by atoms with Gasteiger partial charge in [0.2, 0.25) is 17.6 Å². The topological polar surface area (TPSA) is 17.0 Å². The van der Waals surface area contributed by atoms with E-state index >= 15 is 0 Å². The second kappa shape index (κ2) is 7.65. The van der Waals surface area contributed by atoms with Crippen LogP contribution >= 0.6 is 0 Å². The van der Waals surface area contributed by atoms with Gasteiger partial charge in [-0.05, 0) is 19.4 Å². The van der Waals surface area contributed by atoms with Gasteiger partial charge in [-0.1, -0.05) is 35.4 Å². The lowest BCUT2D eigenvalue weighted by atomic mass is 10.1. The van der Waals surface area contributed by atoms with Gasteiger partial charge < -0.3 is 4.74 Å². The van der Waals surface area contributed by atoms with E-state index in [9.17, 15) is 0 Å². The minimum atomic E-state index is 0.844. The lowest BCUT2D eigenvalue weighted by molar-refractivity contribution is -0.596. The Bertz CT molecular complexity index is 1080. The zero-order valence-corrected chi connectivity index (χ0v) is 16.5. The molecule has 2 heterocycles. The van der Waals surface area contributed by atoms with Gasteiger partial charge in [0.05, 0.1) is 7.11 Å². The normalized spacial score (nSPS) is 10.7. The van der Waals surface area contributed by atoms with Crippen LogP contribution in [0.4, 0.5) is 0 Å². The van der Waals surface area contributed by atoms with E-state index in [1.807, 2.05) is 6.20 Å². The third kappa shape index (κ3) is 3.65. The summed E-state index contributed by atoms with van der Waals surface area (Å²) in [6.45, 7) is 4.19. The molecule has 0 amide bonds. The summed E-state index contributed by atoms with van der Waals surface area (Å²) >= 11 is 0. The quantitative estimate of drug-likeness (QED) is 0.484. The van der Waals surface area contributed by atoms with E-state index < -0.39 is 0 Å². The Morgan fingerprint density at radius 2 is 1.11 bits per heavy atom. The molecule has 4 rings (SSSR count). The minimum Gasteiger partial charge on any atom is -0.490 e. The van der Waals surface area contributed by atoms with Crippen LogP contribution in [-0.2, 0) is 0 Å². The molecule has 4 aromatic rings. The molecule has 2 aromatic carbocycles. The van der Waals surface area contributed by atoms with E-state index in [0.29, 0.717) is 0 Å². The Morgan fingerprint density at radius 1 is 0.607 bits per heavy atom. The molecule has 0 bridgehead atoms. The Balaban J connectivity index is 1.66. The van der Waals surface area contributed by atoms with Crippen molar-refractivity contribution in [2.75, 3.05) is 7.11 Å². The summed E-state index contributed by atoms with van der Waals surface area (Å²) in [6.07, 6.45) is 8.27. The molecular weight excluding hydrogens is 344 g/mol. The van der Waals surface area contributed by atoms with Crippen molar-refractivity contribution in [1.82, 2.24) is 0 Å². The van der Waals surface area contributed by atoms with Crippen molar-refractivity contribution in [1.29, 1.82) is 0 Å². The van der Waals surface area contributed by atoms with Crippen LogP contribution in [-0.4, -0.2) is 7.11 Å². The Hall–Kier alpha value is -3.46. The minimum absolute atomic E-state index is 0.844. The van der Waals surface area contributed by atoms with E-state index in [1.165, 1.54) is 11.1 Å². The lowest BCUT2D eigenvalue weighted by Crippen LogP contribution is -2.30. The molecule has 28 heavy (non-hydrogen) atoms. The van der Waals surface area contributed by atoms with Crippen molar-refractivity contribution in [2.24, 2.45) is 0 Å². The molecule has 3 nitrogen and oxygen atoms in total. The average Bonchev–Trinajstić information content (AvgIpc) is 2.74. The molecule has 0 fully saturated rings. The first-order chi connectivity index (χ1) is 13.6. The van der Waals surface area contributed by atoms with E-state index in [-0.39, 0.29) is 0 Å². The maximum Gasteiger partial charge on any atom is 0.217 e. The largest absolute Gasteiger partial charge is 0.490 e. The molecular formula is C25H24N2O+2. The first kappa shape index (κ1) is 17.9. The van der Waals surface area contributed by atoms with Gasteiger partial charge in [0.25, 0.3) is 0 Å². The van der Waals surface area contributed by atoms with Gasteiger partial charge >= 0.3 is 0 Å². The van der Waals surface area contributed by atoms with Crippen LogP contribution in [0.15, 0.2) is 91.5 Å². The smallest absolute Gasteiger partial charge is 0.217 e. The third-order valence-electron chi connectivity index (χ3n) is 4.95. The van der Waals surface area contributed by atoms with Gasteiger partial charge in [-0.3, -0.25) is 0 Å². The molecule has 0 saturated heterocycles. The fourth-order valence-electron chi connectivity index (χ4n) is 3.25. The fourth-order valence-corrected chi connectivity index (χ4v) is 3.25. The second-order valence-corrected chi connectivity index (χ2v) is 7.00. The summed E-state index contributed by atoms with van der Waals surface area (Å²) in [5.74, 6) is 0.844. The number of benzene rings is 2. The number of hydrogen-bond acceptors (Lipinski definition) is 1. The number of rotatable bonds is 4. The highest BCUT2D eigenvalue weighted by atomic mass is 16.5. The van der Waals surface area contributed by atoms with Crippen LogP contribution < -0.4 is 13.9 Å². The van der Waals surface area contributed by atoms with Crippen LogP contribution in [0.5, 0.6) is 5.75 Å². The Morgan fingerprint density at radius 3 is 1.64 bits per heavy atom. The van der Waals surface area contributed by atoms with Crippen molar-refractivity contribution < 1.29 is 13.9 Å². The zero-order valence-electron chi connectivity index (χ0n) is 16.5. The number of ether oxygens (including phenoxy) is 1. The van der Waals surface area contributed by atoms with Crippen molar-refractivity contribution in [3.63, 3.8) is 0 Å². The van der Waals surface area contributed by atoms with Gasteiger partial charge in [0.1, 0.15) is 0 Å². The zero-order chi connectivity index (χ0) is 19.5. The molecule has 138 valence electrons. The number of aromatic nitrogens is 2. The van der Waals surface area contributed by atoms with Gasteiger partial charge in [-0.25, -0.2) is 0 Å². The summed E-state index contributed by atoms with van der Waals surface area (Å²) in [6, 6.07) is 23.3. The van der Waals surface area contributed by atoms with Crippen LogP contribution in [0.3, 0.4) is 0 Å². The van der Waals surface area contributed by atoms with Crippen molar-refractivity contribution >= 4 is 0 Å². The highest BCUT2D eigenvalue weighted by Gasteiger charge is 2.15. The molecule has 0 aliphatic rings. The summed E-state index contributed by atoms with van der Waals surface area (Å²) in [5.41, 5.74) is 6.96. The number of hydrogen-bond donors (Lipinski definition) is 0. The van der Waals surface area contributed by atoms with Crippen molar-refractivity contribution in [3.05, 3.63) is 103 Å². The molecule has 0 aliphatic carbocycles. The molecule has 0 spiro atoms. The van der Waals surface area contributed by atoms with E-state index in [0.717, 1.165) is 28.3 Å². The van der Waals surface area contributed by atoms with Crippen molar-refractivity contribution in [3.8, 4) is 28.3 Å². The molecule has 0 radical (unpaired) electrons. The van der Waals surface area contributed by atoms with Gasteiger partial charge in [-0.15, -0.1) is 0 Å². The predicted octanol–water partition coefficient (Wildman–Crippen LogP) is 4.53. The van der Waals surface area contributed by atoms with E-state index in [4.69, 9.17) is 4.74 Å². The summed E-state index contributed by atoms with van der Waals surface area (Å²) in [7, 11) is 1.72. The van der Waals surface area contributed by atoms with Crippen LogP contribution in [0.25, 0.3) is 22.5 Å². The maximum absolute atomic E-state index is 5.69. The standard InChI is InChI=1S/C25H24N2O/c1-19-4-8-22(9-5-19)26-15-12-21(13-16-26)24-14-17-27(18-25(24)28-3)23-10-6-20(2)7-11-23/h4-18H,1-3H3/q+2. The first-order valence-corrected chi connectivity index (χ1v) is 9.39. The SMILES string of the molecule is COc1c[n+](-c2ccc(C)cc2)ccc1-c1cc[n+](-c2ccc(C)cc2)cc1. The molecule has 0 unspecified atom stereocenters. The predicted molar refractivity (Wildman–Crippen MR) is 111 cm³/mol. The second-order valence-electron chi connectivity index (χ2n) is 7.00. The Labute approximate surface area is 166 Å². The van der Waals surface area contributed by atoms with E-state index in [1.54, 1.807) is 7.11 Å². The monoisotopic (exact) mass is 368 g/mol. The number of methoxy groups -OCH3 is 1. The molecule has 3 heteroatoms. The fraction of sp³-hybridized carbons (Fsp3) is 0.120. The van der Waals surface area contributed by atoms with Gasteiger partial charge in [0, 0.05) is 48.0 Å². The number of pyridine rings is 2. The van der Waals surface area contributed by atoms with Crippen molar-refractivity contribution in [2.45, 2.75) is 13.8 Å². The average molecular weight is 368 g/mol. The van der Waals surface area contributed by atoms with Crippen LogP contribution in [0.1, 0.15) is 11.1 Å². The summed E-state index contributed by atoms with van der Waals surface area (Å²) in [5, 5.41) is 0. The number of aryl methyl sites for hydroxylation is 2. The maximum atomic E-state index is 5.69. The Kier molecular flexibility index (Phi) is 4.90. The first-order valence-electron chi connectivity index (χ1n) is 9.39. The van der Waals surface area contributed by atoms with E-state index in [2.05, 4.69) is 108 Å². The van der Waals surface area contributed by atoms with Crippen LogP contribution in [0.2, 0.25) is 0 Å². The molecule has 0 saturated carbocycles. The highest BCUT2D eigenvalue weighted by molar-refractivity contribution is 5.68. The molecule has 0 N–H and O–H groups in total. The highest BCUT2D eigenvalue weighted by Crippen LogP contribution is 2.28. The van der Waals surface area contributed by atoms with Crippen LogP contribution in [0, 0.1) is 13.8 Å². The molecule has 0 atom stereocenters. The molecule has 0 aliphatic heterocycles. The number of nitrogens with zero attached hydrogens (tertiary/aromatic N) is 2. The van der Waals surface area contributed by atoms with Gasteiger partial charge in [-0.2, -0.15) is 9.13 Å². The summed E-state index contributed by atoms with van der Waals surface area (Å²) in [4.78, 5) is 0. The third-order valence-corrected chi connectivity index (χ3v) is 4.95. The lowest BCUT2D eigenvalue weighted by Gasteiger charge is -2.07. The van der Waals surface area contributed by atoms with Gasteiger partial charge in [0.15, 0.2) is 24.3 Å².